The van der Waals surface area contributed by atoms with Crippen LogP contribution in [0.25, 0.3) is 17.3 Å². The molecule has 0 atom stereocenters. The normalized spacial score (nSPS) is 12.0. The standard InChI is InChI=1S/C29H25N3O4S/c1-3-35-23-16-14-21(15-17-23)31-27(33)24(19-30)29-32(22-11-6-5-7-12-22)28(34)26(37-29)18-20-10-8-9-13-25(20)36-4-2/h5-18H,3-4H2,1-2H3,(H,31,33)/b26-18+,29-24+. The predicted molar refractivity (Wildman–Crippen MR) is 146 cm³/mol. The first kappa shape index (κ1) is 25.5. The van der Waals surface area contributed by atoms with Crippen molar-refractivity contribution >= 4 is 34.6 Å². The van der Waals surface area contributed by atoms with Crippen LogP contribution in [0.5, 0.6) is 11.5 Å². The Balaban J connectivity index is 1.88. The Morgan fingerprint density at radius 1 is 0.973 bits per heavy atom. The summed E-state index contributed by atoms with van der Waals surface area (Å²) in [4.78, 5) is 26.8. The van der Waals surface area contributed by atoms with Gasteiger partial charge in [-0.2, -0.15) is 5.26 Å². The first-order valence-electron chi connectivity index (χ1n) is 11.7. The largest absolute Gasteiger partial charge is 0.494 e. The summed E-state index contributed by atoms with van der Waals surface area (Å²) in [6.07, 6.45) is 1.72. The van der Waals surface area contributed by atoms with Gasteiger partial charge in [-0.25, -0.2) is 0 Å². The number of carbonyl (C=O) groups excluding carboxylic acids is 1. The minimum atomic E-state index is -0.612. The zero-order valence-electron chi connectivity index (χ0n) is 20.4. The van der Waals surface area contributed by atoms with E-state index < -0.39 is 5.91 Å². The smallest absolute Gasteiger partial charge is 0.273 e. The van der Waals surface area contributed by atoms with Crippen molar-refractivity contribution in [1.82, 2.24) is 4.57 Å². The van der Waals surface area contributed by atoms with Crippen LogP contribution >= 0.6 is 11.3 Å². The van der Waals surface area contributed by atoms with Gasteiger partial charge in [0.2, 0.25) is 0 Å². The highest BCUT2D eigenvalue weighted by Crippen LogP contribution is 2.19. The Hall–Kier alpha value is -4.61. The highest BCUT2D eigenvalue weighted by Gasteiger charge is 2.17. The molecule has 0 bridgehead atoms. The minimum absolute atomic E-state index is 0.169. The quantitative estimate of drug-likeness (QED) is 0.388. The fraction of sp³-hybridized carbons (Fsp3) is 0.138. The maximum atomic E-state index is 13.6. The van der Waals surface area contributed by atoms with Gasteiger partial charge in [-0.1, -0.05) is 36.4 Å². The molecule has 0 fully saturated rings. The molecule has 1 N–H and O–H groups in total. The summed E-state index contributed by atoms with van der Waals surface area (Å²) in [5, 5.41) is 12.8. The number of ether oxygens (including phenoxy) is 2. The van der Waals surface area contributed by atoms with E-state index in [0.717, 1.165) is 16.9 Å². The van der Waals surface area contributed by atoms with Crippen LogP contribution in [0.2, 0.25) is 0 Å². The van der Waals surface area contributed by atoms with Crippen LogP contribution in [-0.4, -0.2) is 23.7 Å². The van der Waals surface area contributed by atoms with Crippen LogP contribution in [0.15, 0.2) is 83.7 Å². The summed E-state index contributed by atoms with van der Waals surface area (Å²) in [6.45, 7) is 4.78. The number of nitrogens with one attached hydrogen (secondary N) is 1. The second-order valence-electron chi connectivity index (χ2n) is 7.76. The molecule has 0 saturated carbocycles. The summed E-state index contributed by atoms with van der Waals surface area (Å²) in [7, 11) is 0. The van der Waals surface area contributed by atoms with Crippen molar-refractivity contribution < 1.29 is 14.3 Å². The van der Waals surface area contributed by atoms with Gasteiger partial charge in [-0.05, 0) is 62.4 Å². The topological polar surface area (TPSA) is 93.3 Å². The number of thiazole rings is 1. The number of hydrogen-bond donors (Lipinski definition) is 1. The number of anilines is 1. The van der Waals surface area contributed by atoms with Crippen molar-refractivity contribution in [3.63, 3.8) is 0 Å². The number of nitrogens with zero attached hydrogens (tertiary/aromatic N) is 2. The lowest BCUT2D eigenvalue weighted by atomic mass is 10.2. The van der Waals surface area contributed by atoms with Gasteiger partial charge in [0.05, 0.1) is 23.4 Å². The molecule has 1 heterocycles. The number of rotatable bonds is 8. The van der Waals surface area contributed by atoms with E-state index in [1.807, 2.05) is 50.2 Å². The van der Waals surface area contributed by atoms with E-state index in [-0.39, 0.29) is 15.8 Å². The fourth-order valence-corrected chi connectivity index (χ4v) is 4.77. The molecule has 0 aliphatic carbocycles. The molecular weight excluding hydrogens is 486 g/mol. The van der Waals surface area contributed by atoms with Crippen molar-refractivity contribution in [1.29, 1.82) is 5.26 Å². The SMILES string of the molecule is CCOc1ccc(NC(=O)/C(C#N)=c2/s/c(=C/c3ccccc3OCC)c(=O)n2-c2ccccc2)cc1. The van der Waals surface area contributed by atoms with Gasteiger partial charge in [0.15, 0.2) is 5.57 Å². The Labute approximate surface area is 218 Å². The number of nitriles is 1. The molecule has 0 radical (unpaired) electrons. The van der Waals surface area contributed by atoms with Gasteiger partial charge in [0, 0.05) is 11.3 Å². The number of carbonyl (C=O) groups is 1. The Kier molecular flexibility index (Phi) is 8.18. The highest BCUT2D eigenvalue weighted by atomic mass is 32.1. The van der Waals surface area contributed by atoms with E-state index in [1.54, 1.807) is 54.6 Å². The molecule has 0 aliphatic rings. The van der Waals surface area contributed by atoms with Crippen LogP contribution in [0, 0.1) is 11.3 Å². The molecule has 1 amide bonds. The first-order chi connectivity index (χ1) is 18.0. The predicted octanol–water partition coefficient (Wildman–Crippen LogP) is 3.84. The number of amides is 1. The van der Waals surface area contributed by atoms with Gasteiger partial charge in [0.25, 0.3) is 11.5 Å². The number of benzene rings is 3. The van der Waals surface area contributed by atoms with Gasteiger partial charge in [-0.3, -0.25) is 14.2 Å². The van der Waals surface area contributed by atoms with E-state index in [4.69, 9.17) is 9.47 Å². The lowest BCUT2D eigenvalue weighted by Crippen LogP contribution is -2.32. The van der Waals surface area contributed by atoms with Gasteiger partial charge in [-0.15, -0.1) is 11.3 Å². The summed E-state index contributed by atoms with van der Waals surface area (Å²) < 4.78 is 13.1. The highest BCUT2D eigenvalue weighted by molar-refractivity contribution is 7.07. The number of aromatic nitrogens is 1. The van der Waals surface area contributed by atoms with Crippen LogP contribution in [0.4, 0.5) is 5.69 Å². The average Bonchev–Trinajstić information content (AvgIpc) is 3.22. The van der Waals surface area contributed by atoms with Crippen molar-refractivity contribution in [2.75, 3.05) is 18.5 Å². The molecule has 4 rings (SSSR count). The molecule has 0 aliphatic heterocycles. The van der Waals surface area contributed by atoms with Crippen LogP contribution in [0.1, 0.15) is 19.4 Å². The van der Waals surface area contributed by atoms with Gasteiger partial charge in [0.1, 0.15) is 22.2 Å². The number of hydrogen-bond acceptors (Lipinski definition) is 6. The summed E-state index contributed by atoms with van der Waals surface area (Å²) in [6, 6.07) is 25.2. The monoisotopic (exact) mass is 511 g/mol. The lowest BCUT2D eigenvalue weighted by Gasteiger charge is -2.07. The molecule has 3 aromatic carbocycles. The average molecular weight is 512 g/mol. The third-order valence-corrected chi connectivity index (χ3v) is 6.41. The Morgan fingerprint density at radius 2 is 1.65 bits per heavy atom. The van der Waals surface area contributed by atoms with E-state index in [1.165, 1.54) is 4.57 Å². The first-order valence-corrected chi connectivity index (χ1v) is 12.6. The zero-order valence-corrected chi connectivity index (χ0v) is 21.2. The summed E-state index contributed by atoms with van der Waals surface area (Å²) in [5.41, 5.74) is 1.28. The molecule has 186 valence electrons. The molecule has 0 saturated heterocycles. The van der Waals surface area contributed by atoms with Crippen molar-refractivity contribution in [3.8, 4) is 23.3 Å². The Morgan fingerprint density at radius 3 is 2.32 bits per heavy atom. The molecular formula is C29H25N3O4S. The maximum absolute atomic E-state index is 13.6. The summed E-state index contributed by atoms with van der Waals surface area (Å²) in [5.74, 6) is 0.705. The van der Waals surface area contributed by atoms with Crippen molar-refractivity contribution in [3.05, 3.63) is 104 Å². The molecule has 0 spiro atoms. The van der Waals surface area contributed by atoms with Crippen molar-refractivity contribution in [2.24, 2.45) is 0 Å². The lowest BCUT2D eigenvalue weighted by molar-refractivity contribution is -0.111. The van der Waals surface area contributed by atoms with E-state index >= 15 is 0 Å². The zero-order chi connectivity index (χ0) is 26.2. The van der Waals surface area contributed by atoms with Gasteiger partial charge >= 0.3 is 0 Å². The molecule has 7 nitrogen and oxygen atoms in total. The molecule has 0 unspecified atom stereocenters. The van der Waals surface area contributed by atoms with Crippen LogP contribution in [-0.2, 0) is 4.79 Å². The van der Waals surface area contributed by atoms with E-state index in [0.29, 0.717) is 40.6 Å². The Bertz CT molecular complexity index is 1610. The summed E-state index contributed by atoms with van der Waals surface area (Å²) >= 11 is 1.08. The minimum Gasteiger partial charge on any atom is -0.494 e. The number of para-hydroxylation sites is 2. The maximum Gasteiger partial charge on any atom is 0.273 e. The fourth-order valence-electron chi connectivity index (χ4n) is 3.68. The van der Waals surface area contributed by atoms with E-state index in [9.17, 15) is 14.9 Å². The second kappa shape index (κ2) is 11.9. The van der Waals surface area contributed by atoms with Crippen LogP contribution in [0.3, 0.4) is 0 Å². The second-order valence-corrected chi connectivity index (χ2v) is 8.79. The third-order valence-electron chi connectivity index (χ3n) is 5.32. The van der Waals surface area contributed by atoms with Crippen LogP contribution < -0.4 is 29.5 Å². The molecule has 37 heavy (non-hydrogen) atoms. The van der Waals surface area contributed by atoms with E-state index in [2.05, 4.69) is 5.32 Å². The molecule has 8 heteroatoms. The van der Waals surface area contributed by atoms with Gasteiger partial charge < -0.3 is 14.8 Å². The molecule has 4 aromatic rings. The molecule has 1 aromatic heterocycles. The van der Waals surface area contributed by atoms with Crippen molar-refractivity contribution in [2.45, 2.75) is 13.8 Å². The third kappa shape index (κ3) is 5.80.